The number of hydrogen-bond acceptors (Lipinski definition) is 4. The lowest BCUT2D eigenvalue weighted by Gasteiger charge is -2.24. The number of para-hydroxylation sites is 1. The molecule has 0 saturated carbocycles. The fourth-order valence-electron chi connectivity index (χ4n) is 2.38. The number of fused-ring (bicyclic) bond motifs is 1. The number of carbonyl (C=O) groups excluding carboxylic acids is 1. The topological polar surface area (TPSA) is 65.4 Å². The molecule has 1 aliphatic rings. The van der Waals surface area contributed by atoms with E-state index in [1.54, 1.807) is 0 Å². The van der Waals surface area contributed by atoms with Crippen LogP contribution in [0.4, 0.5) is 5.82 Å². The highest BCUT2D eigenvalue weighted by Crippen LogP contribution is 2.32. The summed E-state index contributed by atoms with van der Waals surface area (Å²) in [6.07, 6.45) is -0.679. The van der Waals surface area contributed by atoms with Gasteiger partial charge >= 0.3 is 0 Å². The zero-order chi connectivity index (χ0) is 14.8. The molecule has 1 amide bonds. The van der Waals surface area contributed by atoms with Crippen LogP contribution in [0.5, 0.6) is 5.75 Å². The standard InChI is InChI=1S/C15H17N3O3/c1-3-18-10(2)8-13(17-18)16-15(19)14-11-6-4-5-7-12(11)20-9-21-14/h4-8,14H,3,9H2,1-2H3,(H,16,17,19)/t14-/m1/s1. The van der Waals surface area contributed by atoms with Gasteiger partial charge in [0.2, 0.25) is 0 Å². The van der Waals surface area contributed by atoms with Gasteiger partial charge in [-0.1, -0.05) is 18.2 Å². The molecule has 0 radical (unpaired) electrons. The van der Waals surface area contributed by atoms with Gasteiger partial charge in [0, 0.05) is 23.9 Å². The number of ether oxygens (including phenoxy) is 2. The van der Waals surface area contributed by atoms with E-state index in [0.717, 1.165) is 17.8 Å². The fraction of sp³-hybridized carbons (Fsp3) is 0.333. The van der Waals surface area contributed by atoms with Crippen molar-refractivity contribution in [3.8, 4) is 5.75 Å². The molecule has 0 bridgehead atoms. The number of hydrogen-bond donors (Lipinski definition) is 1. The summed E-state index contributed by atoms with van der Waals surface area (Å²) in [5.41, 5.74) is 1.73. The Morgan fingerprint density at radius 3 is 3.05 bits per heavy atom. The summed E-state index contributed by atoms with van der Waals surface area (Å²) in [5, 5.41) is 7.11. The maximum absolute atomic E-state index is 12.4. The van der Waals surface area contributed by atoms with Gasteiger partial charge in [0.25, 0.3) is 5.91 Å². The van der Waals surface area contributed by atoms with Gasteiger partial charge in [-0.3, -0.25) is 9.48 Å². The van der Waals surface area contributed by atoms with Gasteiger partial charge in [-0.15, -0.1) is 0 Å². The summed E-state index contributed by atoms with van der Waals surface area (Å²) in [5.74, 6) is 0.970. The van der Waals surface area contributed by atoms with Gasteiger partial charge in [0.1, 0.15) is 5.75 Å². The average Bonchev–Trinajstić information content (AvgIpc) is 2.86. The lowest BCUT2D eigenvalue weighted by atomic mass is 10.1. The van der Waals surface area contributed by atoms with Gasteiger partial charge in [-0.2, -0.15) is 5.10 Å². The summed E-state index contributed by atoms with van der Waals surface area (Å²) < 4.78 is 12.6. The molecule has 21 heavy (non-hydrogen) atoms. The van der Waals surface area contributed by atoms with Crippen LogP contribution in [0, 0.1) is 6.92 Å². The van der Waals surface area contributed by atoms with Crippen molar-refractivity contribution in [2.24, 2.45) is 0 Å². The van der Waals surface area contributed by atoms with Gasteiger partial charge in [-0.25, -0.2) is 0 Å². The third-order valence-electron chi connectivity index (χ3n) is 3.42. The van der Waals surface area contributed by atoms with E-state index in [2.05, 4.69) is 10.4 Å². The lowest BCUT2D eigenvalue weighted by molar-refractivity contribution is -0.136. The predicted octanol–water partition coefficient (Wildman–Crippen LogP) is 2.26. The first-order chi connectivity index (χ1) is 10.2. The second kappa shape index (κ2) is 5.57. The summed E-state index contributed by atoms with van der Waals surface area (Å²) in [6.45, 7) is 4.78. The van der Waals surface area contributed by atoms with E-state index >= 15 is 0 Å². The van der Waals surface area contributed by atoms with E-state index in [-0.39, 0.29) is 12.7 Å². The highest BCUT2D eigenvalue weighted by molar-refractivity contribution is 5.94. The van der Waals surface area contributed by atoms with Crippen LogP contribution in [0.2, 0.25) is 0 Å². The van der Waals surface area contributed by atoms with E-state index in [1.165, 1.54) is 0 Å². The summed E-state index contributed by atoms with van der Waals surface area (Å²) in [7, 11) is 0. The number of benzene rings is 1. The average molecular weight is 287 g/mol. The molecular formula is C15H17N3O3. The molecule has 110 valence electrons. The smallest absolute Gasteiger partial charge is 0.259 e. The molecule has 0 unspecified atom stereocenters. The Morgan fingerprint density at radius 2 is 2.29 bits per heavy atom. The van der Waals surface area contributed by atoms with Crippen molar-refractivity contribution >= 4 is 11.7 Å². The highest BCUT2D eigenvalue weighted by Gasteiger charge is 2.28. The number of aromatic nitrogens is 2. The van der Waals surface area contributed by atoms with Gasteiger partial charge < -0.3 is 14.8 Å². The molecule has 0 fully saturated rings. The molecule has 1 N–H and O–H groups in total. The van der Waals surface area contributed by atoms with Crippen LogP contribution < -0.4 is 10.1 Å². The Hall–Kier alpha value is -2.34. The van der Waals surface area contributed by atoms with Crippen LogP contribution >= 0.6 is 0 Å². The first-order valence-corrected chi connectivity index (χ1v) is 6.87. The first-order valence-electron chi connectivity index (χ1n) is 6.87. The number of aryl methyl sites for hydroxylation is 2. The SMILES string of the molecule is CCn1nc(NC(=O)[C@@H]2OCOc3ccccc32)cc1C. The zero-order valence-corrected chi connectivity index (χ0v) is 12.0. The molecular weight excluding hydrogens is 270 g/mol. The Kier molecular flexibility index (Phi) is 3.62. The molecule has 3 rings (SSSR count). The minimum absolute atomic E-state index is 0.0670. The van der Waals surface area contributed by atoms with Crippen LogP contribution in [0.1, 0.15) is 24.3 Å². The number of amides is 1. The second-order valence-electron chi connectivity index (χ2n) is 4.82. The second-order valence-corrected chi connectivity index (χ2v) is 4.82. The number of rotatable bonds is 3. The molecule has 1 aliphatic heterocycles. The Labute approximate surface area is 122 Å². The Balaban J connectivity index is 1.80. The van der Waals surface area contributed by atoms with E-state index in [1.807, 2.05) is 48.9 Å². The third-order valence-corrected chi connectivity index (χ3v) is 3.42. The van der Waals surface area contributed by atoms with Crippen molar-refractivity contribution in [2.45, 2.75) is 26.5 Å². The molecule has 0 saturated heterocycles. The third kappa shape index (κ3) is 2.62. The van der Waals surface area contributed by atoms with Crippen molar-refractivity contribution in [2.75, 3.05) is 12.1 Å². The summed E-state index contributed by atoms with van der Waals surface area (Å²) >= 11 is 0. The van der Waals surface area contributed by atoms with Crippen LogP contribution in [0.3, 0.4) is 0 Å². The molecule has 1 aromatic heterocycles. The predicted molar refractivity (Wildman–Crippen MR) is 77.0 cm³/mol. The number of nitrogens with one attached hydrogen (secondary N) is 1. The van der Waals surface area contributed by atoms with Crippen LogP contribution in [0.15, 0.2) is 30.3 Å². The monoisotopic (exact) mass is 287 g/mol. The van der Waals surface area contributed by atoms with Crippen LogP contribution in [0.25, 0.3) is 0 Å². The number of anilines is 1. The minimum atomic E-state index is -0.679. The largest absolute Gasteiger partial charge is 0.467 e. The van der Waals surface area contributed by atoms with E-state index < -0.39 is 6.10 Å². The maximum Gasteiger partial charge on any atom is 0.259 e. The molecule has 6 nitrogen and oxygen atoms in total. The van der Waals surface area contributed by atoms with Gasteiger partial charge in [-0.05, 0) is 19.9 Å². The zero-order valence-electron chi connectivity index (χ0n) is 12.0. The molecule has 1 aromatic carbocycles. The summed E-state index contributed by atoms with van der Waals surface area (Å²) in [6, 6.07) is 9.22. The fourth-order valence-corrected chi connectivity index (χ4v) is 2.38. The van der Waals surface area contributed by atoms with Crippen LogP contribution in [-0.2, 0) is 16.1 Å². The van der Waals surface area contributed by atoms with Gasteiger partial charge in [0.05, 0.1) is 0 Å². The Bertz CT molecular complexity index is 666. The van der Waals surface area contributed by atoms with E-state index in [0.29, 0.717) is 11.6 Å². The first kappa shape index (κ1) is 13.6. The molecule has 2 aromatic rings. The summed E-state index contributed by atoms with van der Waals surface area (Å²) in [4.78, 5) is 12.4. The Morgan fingerprint density at radius 1 is 1.48 bits per heavy atom. The quantitative estimate of drug-likeness (QED) is 0.940. The molecule has 0 aliphatic carbocycles. The molecule has 2 heterocycles. The van der Waals surface area contributed by atoms with Crippen molar-refractivity contribution < 1.29 is 14.3 Å². The van der Waals surface area contributed by atoms with E-state index in [4.69, 9.17) is 9.47 Å². The molecule has 0 spiro atoms. The maximum atomic E-state index is 12.4. The van der Waals surface area contributed by atoms with Crippen molar-refractivity contribution in [3.63, 3.8) is 0 Å². The van der Waals surface area contributed by atoms with Crippen molar-refractivity contribution in [1.82, 2.24) is 9.78 Å². The van der Waals surface area contributed by atoms with Crippen molar-refractivity contribution in [3.05, 3.63) is 41.6 Å². The normalized spacial score (nSPS) is 17.0. The van der Waals surface area contributed by atoms with Gasteiger partial charge in [0.15, 0.2) is 18.7 Å². The van der Waals surface area contributed by atoms with Crippen molar-refractivity contribution in [1.29, 1.82) is 0 Å². The number of nitrogens with zero attached hydrogens (tertiary/aromatic N) is 2. The molecule has 1 atom stereocenters. The highest BCUT2D eigenvalue weighted by atomic mass is 16.7. The van der Waals surface area contributed by atoms with Crippen LogP contribution in [-0.4, -0.2) is 22.5 Å². The minimum Gasteiger partial charge on any atom is -0.467 e. The lowest BCUT2D eigenvalue weighted by Crippen LogP contribution is -2.28. The molecule has 6 heteroatoms. The number of carbonyl (C=O) groups is 1. The van der Waals surface area contributed by atoms with E-state index in [9.17, 15) is 4.79 Å².